The maximum absolute atomic E-state index is 12.5. The molecule has 0 atom stereocenters. The lowest BCUT2D eigenvalue weighted by Crippen LogP contribution is -2.08. The van der Waals surface area contributed by atoms with Gasteiger partial charge in [-0.3, -0.25) is 0 Å². The number of nitrogens with zero attached hydrogens (tertiary/aromatic N) is 2. The van der Waals surface area contributed by atoms with Gasteiger partial charge in [-0.25, -0.2) is 9.48 Å². The van der Waals surface area contributed by atoms with Crippen LogP contribution in [0.2, 0.25) is 0 Å². The summed E-state index contributed by atoms with van der Waals surface area (Å²) in [6, 6.07) is 6.42. The van der Waals surface area contributed by atoms with Crippen LogP contribution in [0, 0.1) is 0 Å². The van der Waals surface area contributed by atoms with E-state index in [9.17, 15) is 18.0 Å². The molecule has 0 saturated carbocycles. The fourth-order valence-electron chi connectivity index (χ4n) is 1.60. The number of nitrogen functional groups attached to an aromatic ring is 1. The first-order chi connectivity index (χ1) is 9.32. The quantitative estimate of drug-likeness (QED) is 0.859. The molecule has 0 radical (unpaired) electrons. The molecule has 20 heavy (non-hydrogen) atoms. The van der Waals surface area contributed by atoms with Gasteiger partial charge in [-0.2, -0.15) is 18.3 Å². The Balaban J connectivity index is 2.37. The van der Waals surface area contributed by atoms with E-state index in [-0.39, 0.29) is 11.4 Å². The largest absolute Gasteiger partial charge is 0.465 e. The average molecular weight is 285 g/mol. The first-order valence-electron chi connectivity index (χ1n) is 5.44. The van der Waals surface area contributed by atoms with Crippen molar-refractivity contribution in [2.45, 2.75) is 6.18 Å². The van der Waals surface area contributed by atoms with Crippen molar-refractivity contribution in [1.82, 2.24) is 9.78 Å². The van der Waals surface area contributed by atoms with E-state index in [1.54, 1.807) is 0 Å². The minimum absolute atomic E-state index is 0.150. The number of halogens is 3. The van der Waals surface area contributed by atoms with E-state index in [1.807, 2.05) is 0 Å². The van der Waals surface area contributed by atoms with Gasteiger partial charge < -0.3 is 10.5 Å². The van der Waals surface area contributed by atoms with Crippen molar-refractivity contribution in [1.29, 1.82) is 0 Å². The third kappa shape index (κ3) is 2.58. The van der Waals surface area contributed by atoms with E-state index in [0.29, 0.717) is 5.69 Å². The molecule has 2 aromatic rings. The second-order valence-electron chi connectivity index (χ2n) is 3.90. The van der Waals surface area contributed by atoms with Crippen LogP contribution in [0.4, 0.5) is 19.0 Å². The highest BCUT2D eigenvalue weighted by Crippen LogP contribution is 2.30. The summed E-state index contributed by atoms with van der Waals surface area (Å²) < 4.78 is 43.0. The monoisotopic (exact) mass is 285 g/mol. The number of carbonyl (C=O) groups is 1. The first kappa shape index (κ1) is 13.9. The van der Waals surface area contributed by atoms with E-state index >= 15 is 0 Å². The fraction of sp³-hybridized carbons (Fsp3) is 0.167. The molecule has 2 N–H and O–H groups in total. The zero-order valence-corrected chi connectivity index (χ0v) is 10.3. The Morgan fingerprint density at radius 3 is 2.35 bits per heavy atom. The Kier molecular flexibility index (Phi) is 3.39. The minimum Gasteiger partial charge on any atom is -0.465 e. The molecular formula is C12H10F3N3O2. The van der Waals surface area contributed by atoms with Crippen LogP contribution in [0.5, 0.6) is 0 Å². The maximum atomic E-state index is 12.5. The molecule has 0 amide bonds. The predicted octanol–water partition coefficient (Wildman–Crippen LogP) is 2.26. The Bertz CT molecular complexity index is 632. The lowest BCUT2D eigenvalue weighted by atomic mass is 10.2. The van der Waals surface area contributed by atoms with Crippen LogP contribution in [0.15, 0.2) is 30.3 Å². The SMILES string of the molecule is COC(=O)c1ccc(-n2nc(C(F)(F)F)cc2N)cc1. The van der Waals surface area contributed by atoms with Crippen molar-refractivity contribution in [3.63, 3.8) is 0 Å². The lowest BCUT2D eigenvalue weighted by molar-refractivity contribution is -0.141. The minimum atomic E-state index is -4.56. The Labute approximate surface area is 111 Å². The van der Waals surface area contributed by atoms with Crippen LogP contribution in [-0.2, 0) is 10.9 Å². The molecule has 1 heterocycles. The number of rotatable bonds is 2. The van der Waals surface area contributed by atoms with Crippen molar-refractivity contribution in [3.05, 3.63) is 41.6 Å². The maximum Gasteiger partial charge on any atom is 0.435 e. The van der Waals surface area contributed by atoms with Crippen LogP contribution in [0.1, 0.15) is 16.1 Å². The summed E-state index contributed by atoms with van der Waals surface area (Å²) >= 11 is 0. The van der Waals surface area contributed by atoms with E-state index in [2.05, 4.69) is 9.84 Å². The van der Waals surface area contributed by atoms with Gasteiger partial charge in [0.1, 0.15) is 5.82 Å². The highest BCUT2D eigenvalue weighted by molar-refractivity contribution is 5.89. The highest BCUT2D eigenvalue weighted by Gasteiger charge is 2.34. The van der Waals surface area contributed by atoms with Crippen LogP contribution < -0.4 is 5.73 Å². The summed E-state index contributed by atoms with van der Waals surface area (Å²) in [4.78, 5) is 11.2. The van der Waals surface area contributed by atoms with E-state index in [0.717, 1.165) is 10.7 Å². The predicted molar refractivity (Wildman–Crippen MR) is 64.3 cm³/mol. The normalized spacial score (nSPS) is 11.4. The molecule has 0 spiro atoms. The molecule has 2 rings (SSSR count). The van der Waals surface area contributed by atoms with Gasteiger partial charge in [-0.05, 0) is 24.3 Å². The van der Waals surface area contributed by atoms with Gasteiger partial charge in [0.15, 0.2) is 5.69 Å². The van der Waals surface area contributed by atoms with Gasteiger partial charge in [-0.1, -0.05) is 0 Å². The fourth-order valence-corrected chi connectivity index (χ4v) is 1.60. The van der Waals surface area contributed by atoms with E-state index in [4.69, 9.17) is 5.73 Å². The van der Waals surface area contributed by atoms with Gasteiger partial charge in [-0.15, -0.1) is 0 Å². The number of aromatic nitrogens is 2. The van der Waals surface area contributed by atoms with Crippen LogP contribution in [-0.4, -0.2) is 22.9 Å². The molecule has 0 aliphatic carbocycles. The lowest BCUT2D eigenvalue weighted by Gasteiger charge is -2.05. The van der Waals surface area contributed by atoms with Crippen molar-refractivity contribution in [3.8, 4) is 5.69 Å². The van der Waals surface area contributed by atoms with E-state index in [1.165, 1.54) is 31.4 Å². The van der Waals surface area contributed by atoms with Crippen LogP contribution in [0.3, 0.4) is 0 Å². The average Bonchev–Trinajstić information content (AvgIpc) is 2.80. The molecule has 1 aromatic carbocycles. The molecule has 1 aromatic heterocycles. The summed E-state index contributed by atoms with van der Waals surface area (Å²) in [5, 5.41) is 3.40. The third-order valence-electron chi connectivity index (χ3n) is 2.56. The first-order valence-corrected chi connectivity index (χ1v) is 5.44. The molecule has 0 aliphatic rings. The molecule has 0 unspecified atom stereocenters. The van der Waals surface area contributed by atoms with Crippen molar-refractivity contribution >= 4 is 11.8 Å². The summed E-state index contributed by atoms with van der Waals surface area (Å²) in [7, 11) is 1.23. The Morgan fingerprint density at radius 1 is 1.30 bits per heavy atom. The number of esters is 1. The number of benzene rings is 1. The smallest absolute Gasteiger partial charge is 0.435 e. The number of alkyl halides is 3. The number of carbonyl (C=O) groups excluding carboxylic acids is 1. The Morgan fingerprint density at radius 2 is 1.90 bits per heavy atom. The summed E-state index contributed by atoms with van der Waals surface area (Å²) in [6.07, 6.45) is -4.56. The zero-order chi connectivity index (χ0) is 14.9. The van der Waals surface area contributed by atoms with E-state index < -0.39 is 17.8 Å². The second kappa shape index (κ2) is 4.87. The third-order valence-corrected chi connectivity index (χ3v) is 2.56. The number of hydrogen-bond donors (Lipinski definition) is 1. The molecule has 0 aliphatic heterocycles. The van der Waals surface area contributed by atoms with Gasteiger partial charge in [0.25, 0.3) is 0 Å². The van der Waals surface area contributed by atoms with Crippen LogP contribution >= 0.6 is 0 Å². The van der Waals surface area contributed by atoms with Crippen molar-refractivity contribution in [2.75, 3.05) is 12.8 Å². The molecular weight excluding hydrogens is 275 g/mol. The van der Waals surface area contributed by atoms with Crippen LogP contribution in [0.25, 0.3) is 5.69 Å². The van der Waals surface area contributed by atoms with Crippen molar-refractivity contribution in [2.24, 2.45) is 0 Å². The number of anilines is 1. The number of ether oxygens (including phenoxy) is 1. The molecule has 0 saturated heterocycles. The van der Waals surface area contributed by atoms with Crippen molar-refractivity contribution < 1.29 is 22.7 Å². The van der Waals surface area contributed by atoms with Gasteiger partial charge in [0.05, 0.1) is 18.4 Å². The standard InChI is InChI=1S/C12H10F3N3O2/c1-20-11(19)7-2-4-8(5-3-7)18-10(16)6-9(17-18)12(13,14)15/h2-6H,16H2,1H3. The molecule has 8 heteroatoms. The molecule has 0 bridgehead atoms. The molecule has 106 valence electrons. The van der Waals surface area contributed by atoms with Gasteiger partial charge in [0, 0.05) is 6.07 Å². The second-order valence-corrected chi connectivity index (χ2v) is 3.90. The summed E-state index contributed by atoms with van der Waals surface area (Å²) in [5.74, 6) is -0.691. The number of hydrogen-bond acceptors (Lipinski definition) is 4. The summed E-state index contributed by atoms with van der Waals surface area (Å²) in [6.45, 7) is 0. The van der Waals surface area contributed by atoms with Gasteiger partial charge in [0.2, 0.25) is 0 Å². The van der Waals surface area contributed by atoms with Gasteiger partial charge >= 0.3 is 12.1 Å². The molecule has 0 fully saturated rings. The number of methoxy groups -OCH3 is 1. The zero-order valence-electron chi connectivity index (χ0n) is 10.3. The highest BCUT2D eigenvalue weighted by atomic mass is 19.4. The topological polar surface area (TPSA) is 70.1 Å². The Hall–Kier alpha value is -2.51. The molecule has 5 nitrogen and oxygen atoms in total. The number of nitrogens with two attached hydrogens (primary N) is 1. The summed E-state index contributed by atoms with van der Waals surface area (Å²) in [5.41, 5.74) is 5.01.